The molecule has 6 heteroatoms. The largest absolute Gasteiger partial charge is 0.349 e. The number of nitrogens with one attached hydrogen (secondary N) is 2. The Kier molecular flexibility index (Phi) is 7.91. The highest BCUT2D eigenvalue weighted by molar-refractivity contribution is 5.85. The maximum Gasteiger partial charge on any atom is 0.237 e. The van der Waals surface area contributed by atoms with E-state index in [9.17, 15) is 4.79 Å². The van der Waals surface area contributed by atoms with Gasteiger partial charge in [-0.25, -0.2) is 0 Å². The molecule has 0 spiro atoms. The van der Waals surface area contributed by atoms with Crippen molar-refractivity contribution in [2.45, 2.75) is 32.4 Å². The van der Waals surface area contributed by atoms with E-state index in [1.54, 1.807) is 6.20 Å². The number of hydrogen-bond acceptors (Lipinski definition) is 3. The topological polar surface area (TPSA) is 54.0 Å². The monoisotopic (exact) mass is 291 g/mol. The predicted molar refractivity (Wildman–Crippen MR) is 76.3 cm³/mol. The highest BCUT2D eigenvalue weighted by Gasteiger charge is 2.21. The molecule has 18 heavy (non-hydrogen) atoms. The van der Waals surface area contributed by atoms with Crippen LogP contribution in [0.4, 0.5) is 0 Å². The Morgan fingerprint density at radius 1 is 1.56 bits per heavy atom. The van der Waals surface area contributed by atoms with E-state index in [0.717, 1.165) is 30.6 Å². The second kappa shape index (κ2) is 8.29. The van der Waals surface area contributed by atoms with E-state index in [4.69, 9.17) is 0 Å². The molecule has 0 saturated carbocycles. The lowest BCUT2D eigenvalue weighted by Crippen LogP contribution is -2.40. The van der Waals surface area contributed by atoms with Crippen LogP contribution in [0.1, 0.15) is 24.1 Å². The molecule has 1 amide bonds. The van der Waals surface area contributed by atoms with Crippen LogP contribution in [-0.2, 0) is 11.3 Å². The minimum Gasteiger partial charge on any atom is -0.349 e. The first-order valence-corrected chi connectivity index (χ1v) is 5.69. The van der Waals surface area contributed by atoms with E-state index in [0.29, 0.717) is 6.54 Å². The van der Waals surface area contributed by atoms with E-state index in [1.807, 2.05) is 19.1 Å². The standard InChI is InChI=1S/C12H17N3O.2ClH/c1-9-4-2-6-14-11(9)8-15-12(16)10-5-3-7-13-10;;/h2,4,6,10,13H,3,5,7-8H2,1H3,(H,15,16);2*1H/t10-;;/m0../s1. The lowest BCUT2D eigenvalue weighted by molar-refractivity contribution is -0.122. The maximum atomic E-state index is 11.7. The van der Waals surface area contributed by atoms with Crippen LogP contribution in [0, 0.1) is 6.92 Å². The quantitative estimate of drug-likeness (QED) is 0.890. The first-order valence-electron chi connectivity index (χ1n) is 5.69. The summed E-state index contributed by atoms with van der Waals surface area (Å²) in [5, 5.41) is 6.09. The summed E-state index contributed by atoms with van der Waals surface area (Å²) in [5.74, 6) is 0.0857. The Balaban J connectivity index is 0.00000144. The second-order valence-electron chi connectivity index (χ2n) is 4.13. The third kappa shape index (κ3) is 4.44. The fourth-order valence-electron chi connectivity index (χ4n) is 1.91. The van der Waals surface area contributed by atoms with Crippen LogP contribution in [0.5, 0.6) is 0 Å². The molecular weight excluding hydrogens is 273 g/mol. The number of halogens is 2. The summed E-state index contributed by atoms with van der Waals surface area (Å²) in [5.41, 5.74) is 2.05. The van der Waals surface area contributed by atoms with Gasteiger partial charge in [0.05, 0.1) is 18.3 Å². The predicted octanol–water partition coefficient (Wildman–Crippen LogP) is 1.60. The molecule has 1 aliphatic rings. The van der Waals surface area contributed by atoms with Gasteiger partial charge in [-0.05, 0) is 37.9 Å². The Bertz CT molecular complexity index is 381. The SMILES string of the molecule is Cc1cccnc1CNC(=O)[C@@H]1CCCN1.Cl.Cl. The van der Waals surface area contributed by atoms with Gasteiger partial charge in [0.25, 0.3) is 0 Å². The number of aryl methyl sites for hydroxylation is 1. The first kappa shape index (κ1) is 17.2. The molecule has 0 aromatic carbocycles. The van der Waals surface area contributed by atoms with Crippen molar-refractivity contribution in [1.29, 1.82) is 0 Å². The van der Waals surface area contributed by atoms with Gasteiger partial charge in [0.2, 0.25) is 5.91 Å². The Morgan fingerprint density at radius 3 is 2.94 bits per heavy atom. The Morgan fingerprint density at radius 2 is 2.33 bits per heavy atom. The normalized spacial score (nSPS) is 17.5. The number of amides is 1. The third-order valence-electron chi connectivity index (χ3n) is 2.92. The van der Waals surface area contributed by atoms with Gasteiger partial charge < -0.3 is 10.6 Å². The number of aromatic nitrogens is 1. The van der Waals surface area contributed by atoms with Gasteiger partial charge in [-0.3, -0.25) is 9.78 Å². The zero-order valence-corrected chi connectivity index (χ0v) is 11.9. The number of nitrogens with zero attached hydrogens (tertiary/aromatic N) is 1. The van der Waals surface area contributed by atoms with Crippen LogP contribution < -0.4 is 10.6 Å². The van der Waals surface area contributed by atoms with Crippen molar-refractivity contribution in [2.75, 3.05) is 6.54 Å². The Labute approximate surface area is 120 Å². The molecule has 1 saturated heterocycles. The molecule has 2 rings (SSSR count). The van der Waals surface area contributed by atoms with Crippen LogP contribution in [0.25, 0.3) is 0 Å². The zero-order valence-electron chi connectivity index (χ0n) is 10.3. The minimum atomic E-state index is -0.0102. The average Bonchev–Trinajstić information content (AvgIpc) is 2.81. The molecular formula is C12H19Cl2N3O. The molecule has 102 valence electrons. The Hall–Kier alpha value is -0.840. The molecule has 4 nitrogen and oxygen atoms in total. The molecule has 2 N–H and O–H groups in total. The summed E-state index contributed by atoms with van der Waals surface area (Å²) in [6, 6.07) is 3.89. The van der Waals surface area contributed by atoms with Gasteiger partial charge in [0.1, 0.15) is 0 Å². The third-order valence-corrected chi connectivity index (χ3v) is 2.92. The molecule has 0 aliphatic carbocycles. The smallest absolute Gasteiger partial charge is 0.237 e. The van der Waals surface area contributed by atoms with Crippen molar-refractivity contribution < 1.29 is 4.79 Å². The van der Waals surface area contributed by atoms with Crippen molar-refractivity contribution in [2.24, 2.45) is 0 Å². The van der Waals surface area contributed by atoms with E-state index in [1.165, 1.54) is 0 Å². The molecule has 0 bridgehead atoms. The second-order valence-corrected chi connectivity index (χ2v) is 4.13. The van der Waals surface area contributed by atoms with Crippen LogP contribution in [0.15, 0.2) is 18.3 Å². The summed E-state index contributed by atoms with van der Waals surface area (Å²) >= 11 is 0. The van der Waals surface area contributed by atoms with Crippen LogP contribution in [-0.4, -0.2) is 23.5 Å². The summed E-state index contributed by atoms with van der Waals surface area (Å²) in [7, 11) is 0. The average molecular weight is 292 g/mol. The van der Waals surface area contributed by atoms with Crippen molar-refractivity contribution in [3.8, 4) is 0 Å². The molecule has 0 radical (unpaired) electrons. The van der Waals surface area contributed by atoms with Gasteiger partial charge in [-0.1, -0.05) is 6.07 Å². The molecule has 1 fully saturated rings. The molecule has 1 aromatic rings. The van der Waals surface area contributed by atoms with Gasteiger partial charge in [0, 0.05) is 6.20 Å². The highest BCUT2D eigenvalue weighted by Crippen LogP contribution is 2.06. The van der Waals surface area contributed by atoms with Crippen LogP contribution in [0.2, 0.25) is 0 Å². The van der Waals surface area contributed by atoms with E-state index in [-0.39, 0.29) is 36.8 Å². The van der Waals surface area contributed by atoms with Gasteiger partial charge in [0.15, 0.2) is 0 Å². The van der Waals surface area contributed by atoms with Gasteiger partial charge >= 0.3 is 0 Å². The van der Waals surface area contributed by atoms with Gasteiger partial charge in [-0.15, -0.1) is 24.8 Å². The summed E-state index contributed by atoms with van der Waals surface area (Å²) < 4.78 is 0. The molecule has 0 unspecified atom stereocenters. The van der Waals surface area contributed by atoms with E-state index < -0.39 is 0 Å². The van der Waals surface area contributed by atoms with Crippen molar-refractivity contribution >= 4 is 30.7 Å². The number of carbonyl (C=O) groups excluding carboxylic acids is 1. The van der Waals surface area contributed by atoms with Crippen molar-refractivity contribution in [3.63, 3.8) is 0 Å². The van der Waals surface area contributed by atoms with E-state index >= 15 is 0 Å². The number of carbonyl (C=O) groups is 1. The molecule has 1 atom stereocenters. The summed E-state index contributed by atoms with van der Waals surface area (Å²) in [6.07, 6.45) is 3.77. The zero-order chi connectivity index (χ0) is 11.4. The number of hydrogen-bond donors (Lipinski definition) is 2. The fraction of sp³-hybridized carbons (Fsp3) is 0.500. The lowest BCUT2D eigenvalue weighted by Gasteiger charge is -2.11. The number of pyridine rings is 1. The van der Waals surface area contributed by atoms with Crippen molar-refractivity contribution in [1.82, 2.24) is 15.6 Å². The maximum absolute atomic E-state index is 11.7. The first-order chi connectivity index (χ1) is 7.77. The summed E-state index contributed by atoms with van der Waals surface area (Å²) in [4.78, 5) is 16.0. The molecule has 1 aliphatic heterocycles. The summed E-state index contributed by atoms with van der Waals surface area (Å²) in [6.45, 7) is 3.46. The van der Waals surface area contributed by atoms with E-state index in [2.05, 4.69) is 15.6 Å². The van der Waals surface area contributed by atoms with Crippen LogP contribution in [0.3, 0.4) is 0 Å². The minimum absolute atomic E-state index is 0. The van der Waals surface area contributed by atoms with Gasteiger partial charge in [-0.2, -0.15) is 0 Å². The molecule has 1 aromatic heterocycles. The number of rotatable bonds is 3. The van der Waals surface area contributed by atoms with Crippen molar-refractivity contribution in [3.05, 3.63) is 29.6 Å². The molecule has 2 heterocycles. The lowest BCUT2D eigenvalue weighted by atomic mass is 10.2. The van der Waals surface area contributed by atoms with Crippen LogP contribution >= 0.6 is 24.8 Å². The highest BCUT2D eigenvalue weighted by atomic mass is 35.5. The fourth-order valence-corrected chi connectivity index (χ4v) is 1.91.